The second kappa shape index (κ2) is 10.0. The summed E-state index contributed by atoms with van der Waals surface area (Å²) >= 11 is 0. The maximum absolute atomic E-state index is 11.2. The number of ether oxygens (including phenoxy) is 1. The Bertz CT molecular complexity index is 543. The number of hydrogen-bond donors (Lipinski definition) is 1. The molecule has 126 valence electrons. The van der Waals surface area contributed by atoms with Crippen LogP contribution in [0.3, 0.4) is 0 Å². The van der Waals surface area contributed by atoms with Crippen molar-refractivity contribution in [1.82, 2.24) is 0 Å². The fraction of sp³-hybridized carbons (Fsp3) is 0.450. The molecule has 3 heteroatoms. The van der Waals surface area contributed by atoms with Crippen LogP contribution in [0, 0.1) is 0 Å². The van der Waals surface area contributed by atoms with Crippen LogP contribution in [0.4, 0.5) is 0 Å². The number of aldehydes is 1. The predicted octanol–water partition coefficient (Wildman–Crippen LogP) is 4.76. The number of carbonyl (C=O) groups is 1. The van der Waals surface area contributed by atoms with Crippen molar-refractivity contribution in [2.75, 3.05) is 0 Å². The third-order valence-corrected chi connectivity index (χ3v) is 3.69. The molecular weight excluding hydrogens is 288 g/mol. The molecule has 0 spiro atoms. The van der Waals surface area contributed by atoms with Gasteiger partial charge in [0, 0.05) is 5.57 Å². The summed E-state index contributed by atoms with van der Waals surface area (Å²) in [6.45, 7) is 9.99. The molecule has 0 fully saturated rings. The first-order valence-corrected chi connectivity index (χ1v) is 8.09. The quantitative estimate of drug-likeness (QED) is 0.379. The van der Waals surface area contributed by atoms with Crippen LogP contribution in [0.5, 0.6) is 0 Å². The number of aliphatic hydroxyl groups excluding tert-OH is 1. The Labute approximate surface area is 139 Å². The van der Waals surface area contributed by atoms with Gasteiger partial charge < -0.3 is 9.84 Å². The largest absolute Gasteiger partial charge is 0.462 e. The monoisotopic (exact) mass is 316 g/mol. The molecule has 1 N–H and O–H groups in total. The van der Waals surface area contributed by atoms with Crippen molar-refractivity contribution in [3.63, 3.8) is 0 Å². The Balaban J connectivity index is 2.43. The minimum absolute atomic E-state index is 0.462. The zero-order valence-electron chi connectivity index (χ0n) is 14.5. The SMILES string of the molecule is C=C1C=C(C/C=C(/C=O)CC/C=C(\C)CCC=C(C)C)C(O)O1. The molecule has 0 radical (unpaired) electrons. The van der Waals surface area contributed by atoms with Gasteiger partial charge in [-0.25, -0.2) is 0 Å². The molecule has 0 amide bonds. The lowest BCUT2D eigenvalue weighted by Crippen LogP contribution is -2.07. The number of carbonyl (C=O) groups excluding carboxylic acids is 1. The first kappa shape index (κ1) is 19.2. The Hall–Kier alpha value is -1.87. The van der Waals surface area contributed by atoms with Crippen LogP contribution >= 0.6 is 0 Å². The van der Waals surface area contributed by atoms with E-state index in [1.807, 2.05) is 6.08 Å². The van der Waals surface area contributed by atoms with Crippen molar-refractivity contribution < 1.29 is 14.6 Å². The van der Waals surface area contributed by atoms with E-state index in [0.29, 0.717) is 18.6 Å². The molecule has 1 rings (SSSR count). The highest BCUT2D eigenvalue weighted by Crippen LogP contribution is 2.23. The van der Waals surface area contributed by atoms with Crippen LogP contribution in [0.25, 0.3) is 0 Å². The van der Waals surface area contributed by atoms with E-state index in [-0.39, 0.29) is 0 Å². The highest BCUT2D eigenvalue weighted by molar-refractivity contribution is 5.73. The third kappa shape index (κ3) is 7.80. The van der Waals surface area contributed by atoms with Crippen molar-refractivity contribution in [2.24, 2.45) is 0 Å². The van der Waals surface area contributed by atoms with E-state index in [4.69, 9.17) is 4.74 Å². The fourth-order valence-electron chi connectivity index (χ4n) is 2.32. The Morgan fingerprint density at radius 3 is 2.48 bits per heavy atom. The molecule has 3 nitrogen and oxygen atoms in total. The Kier molecular flexibility index (Phi) is 8.35. The van der Waals surface area contributed by atoms with Crippen LogP contribution in [0.1, 0.15) is 52.9 Å². The van der Waals surface area contributed by atoms with Gasteiger partial charge in [-0.1, -0.05) is 36.0 Å². The number of rotatable bonds is 9. The summed E-state index contributed by atoms with van der Waals surface area (Å²) in [5.74, 6) is 0.462. The van der Waals surface area contributed by atoms with Gasteiger partial charge >= 0.3 is 0 Å². The topological polar surface area (TPSA) is 46.5 Å². The molecule has 1 aliphatic rings. The normalized spacial score (nSPS) is 18.5. The van der Waals surface area contributed by atoms with E-state index in [1.54, 1.807) is 6.08 Å². The average Bonchev–Trinajstić information content (AvgIpc) is 2.80. The minimum Gasteiger partial charge on any atom is -0.462 e. The van der Waals surface area contributed by atoms with Gasteiger partial charge in [-0.3, -0.25) is 4.79 Å². The lowest BCUT2D eigenvalue weighted by Gasteiger charge is -2.06. The predicted molar refractivity (Wildman–Crippen MR) is 94.7 cm³/mol. The van der Waals surface area contributed by atoms with Crippen molar-refractivity contribution in [2.45, 2.75) is 59.2 Å². The molecule has 0 aromatic heterocycles. The molecule has 0 aromatic carbocycles. The number of allylic oxidation sites excluding steroid dienone is 7. The zero-order chi connectivity index (χ0) is 17.2. The third-order valence-electron chi connectivity index (χ3n) is 3.69. The average molecular weight is 316 g/mol. The molecule has 1 heterocycles. The molecule has 1 unspecified atom stereocenters. The van der Waals surface area contributed by atoms with Crippen LogP contribution in [0.2, 0.25) is 0 Å². The second-order valence-electron chi connectivity index (χ2n) is 6.17. The maximum atomic E-state index is 11.2. The summed E-state index contributed by atoms with van der Waals surface area (Å²) < 4.78 is 5.04. The molecule has 1 atom stereocenters. The molecule has 1 aliphatic heterocycles. The molecule has 23 heavy (non-hydrogen) atoms. The lowest BCUT2D eigenvalue weighted by molar-refractivity contribution is -0.105. The van der Waals surface area contributed by atoms with Gasteiger partial charge in [0.25, 0.3) is 0 Å². The van der Waals surface area contributed by atoms with Gasteiger partial charge in [-0.2, -0.15) is 0 Å². The Morgan fingerprint density at radius 2 is 1.91 bits per heavy atom. The summed E-state index contributed by atoms with van der Waals surface area (Å²) in [6.07, 6.45) is 12.2. The standard InChI is InChI=1S/C20H28O3/c1-15(2)7-5-8-16(3)9-6-10-18(14-21)11-12-19-13-17(4)23-20(19)22/h7,9,11,13-14,20,22H,4-6,8,10,12H2,1-3H3/b16-9+,18-11+. The first-order chi connectivity index (χ1) is 10.9. The van der Waals surface area contributed by atoms with Crippen LogP contribution < -0.4 is 0 Å². The van der Waals surface area contributed by atoms with Gasteiger partial charge in [-0.15, -0.1) is 0 Å². The second-order valence-corrected chi connectivity index (χ2v) is 6.17. The van der Waals surface area contributed by atoms with Gasteiger partial charge in [0.2, 0.25) is 6.29 Å². The minimum atomic E-state index is -0.927. The molecular formula is C20H28O3. The zero-order valence-corrected chi connectivity index (χ0v) is 14.5. The molecule has 0 aliphatic carbocycles. The highest BCUT2D eigenvalue weighted by Gasteiger charge is 2.18. The van der Waals surface area contributed by atoms with E-state index in [9.17, 15) is 9.90 Å². The van der Waals surface area contributed by atoms with E-state index < -0.39 is 6.29 Å². The van der Waals surface area contributed by atoms with Crippen LogP contribution in [-0.2, 0) is 9.53 Å². The Morgan fingerprint density at radius 1 is 1.22 bits per heavy atom. The smallest absolute Gasteiger partial charge is 0.220 e. The van der Waals surface area contributed by atoms with Crippen LogP contribution in [-0.4, -0.2) is 17.7 Å². The maximum Gasteiger partial charge on any atom is 0.220 e. The summed E-state index contributed by atoms with van der Waals surface area (Å²) in [4.78, 5) is 11.2. The van der Waals surface area contributed by atoms with Crippen molar-refractivity contribution in [1.29, 1.82) is 0 Å². The molecule has 0 bridgehead atoms. The van der Waals surface area contributed by atoms with Crippen molar-refractivity contribution in [3.8, 4) is 0 Å². The van der Waals surface area contributed by atoms with Gasteiger partial charge in [0.15, 0.2) is 0 Å². The summed E-state index contributed by atoms with van der Waals surface area (Å²) in [6, 6.07) is 0. The van der Waals surface area contributed by atoms with E-state index >= 15 is 0 Å². The van der Waals surface area contributed by atoms with E-state index in [2.05, 4.69) is 39.5 Å². The van der Waals surface area contributed by atoms with Crippen molar-refractivity contribution in [3.05, 3.63) is 58.9 Å². The van der Waals surface area contributed by atoms with Gasteiger partial charge in [0.1, 0.15) is 12.0 Å². The fourth-order valence-corrected chi connectivity index (χ4v) is 2.32. The summed E-state index contributed by atoms with van der Waals surface area (Å²) in [5.41, 5.74) is 4.19. The first-order valence-electron chi connectivity index (χ1n) is 8.09. The molecule has 0 saturated heterocycles. The van der Waals surface area contributed by atoms with Crippen LogP contribution in [0.15, 0.2) is 58.9 Å². The highest BCUT2D eigenvalue weighted by atomic mass is 16.6. The lowest BCUT2D eigenvalue weighted by atomic mass is 10.0. The molecule has 0 aromatic rings. The van der Waals surface area contributed by atoms with Crippen molar-refractivity contribution >= 4 is 6.29 Å². The summed E-state index contributed by atoms with van der Waals surface area (Å²) in [7, 11) is 0. The van der Waals surface area contributed by atoms with E-state index in [0.717, 1.165) is 36.7 Å². The van der Waals surface area contributed by atoms with E-state index in [1.165, 1.54) is 11.1 Å². The summed E-state index contributed by atoms with van der Waals surface area (Å²) in [5, 5.41) is 9.63. The number of hydrogen-bond acceptors (Lipinski definition) is 3. The number of aliphatic hydroxyl groups is 1. The molecule has 0 saturated carbocycles. The van der Waals surface area contributed by atoms with Gasteiger partial charge in [0.05, 0.1) is 0 Å². The van der Waals surface area contributed by atoms with Gasteiger partial charge in [-0.05, 0) is 64.5 Å².